The van der Waals surface area contributed by atoms with Crippen LogP contribution in [0.3, 0.4) is 0 Å². The summed E-state index contributed by atoms with van der Waals surface area (Å²) in [6.45, 7) is 3.93. The van der Waals surface area contributed by atoms with Gasteiger partial charge in [-0.15, -0.1) is 0 Å². The van der Waals surface area contributed by atoms with Crippen molar-refractivity contribution in [1.29, 1.82) is 0 Å². The SMILES string of the molecule is CCCCOc1ncnc(NCCCN(C)C)c1[N+](=O)[O-]. The summed E-state index contributed by atoms with van der Waals surface area (Å²) in [5.41, 5.74) is -0.196. The van der Waals surface area contributed by atoms with Crippen LogP contribution in [0.1, 0.15) is 26.2 Å². The van der Waals surface area contributed by atoms with Crippen molar-refractivity contribution in [2.75, 3.05) is 39.1 Å². The predicted octanol–water partition coefficient (Wildman–Crippen LogP) is 1.93. The minimum atomic E-state index is -0.504. The fourth-order valence-electron chi connectivity index (χ4n) is 1.68. The van der Waals surface area contributed by atoms with E-state index in [2.05, 4.69) is 20.2 Å². The Bertz CT molecular complexity index is 453. The molecule has 21 heavy (non-hydrogen) atoms. The second kappa shape index (κ2) is 9.06. The Balaban J connectivity index is 2.73. The quantitative estimate of drug-likeness (QED) is 0.400. The van der Waals surface area contributed by atoms with E-state index in [9.17, 15) is 10.1 Å². The van der Waals surface area contributed by atoms with E-state index < -0.39 is 4.92 Å². The summed E-state index contributed by atoms with van der Waals surface area (Å²) >= 11 is 0. The molecule has 0 amide bonds. The van der Waals surface area contributed by atoms with Crippen LogP contribution in [0.5, 0.6) is 5.88 Å². The van der Waals surface area contributed by atoms with Crippen molar-refractivity contribution >= 4 is 11.5 Å². The minimum Gasteiger partial charge on any atom is -0.473 e. The Morgan fingerprint density at radius 3 is 2.76 bits per heavy atom. The van der Waals surface area contributed by atoms with E-state index in [1.165, 1.54) is 6.33 Å². The van der Waals surface area contributed by atoms with Crippen molar-refractivity contribution in [2.24, 2.45) is 0 Å². The van der Waals surface area contributed by atoms with E-state index in [1.807, 2.05) is 21.0 Å². The number of rotatable bonds is 10. The lowest BCUT2D eigenvalue weighted by atomic mass is 10.3. The molecular formula is C13H23N5O3. The molecule has 0 unspecified atom stereocenters. The Morgan fingerprint density at radius 1 is 1.38 bits per heavy atom. The van der Waals surface area contributed by atoms with E-state index in [-0.39, 0.29) is 17.4 Å². The third kappa shape index (κ3) is 5.90. The van der Waals surface area contributed by atoms with Crippen LogP contribution in [0.2, 0.25) is 0 Å². The summed E-state index contributed by atoms with van der Waals surface area (Å²) in [4.78, 5) is 20.6. The second-order valence-corrected chi connectivity index (χ2v) is 4.92. The first-order valence-corrected chi connectivity index (χ1v) is 7.07. The van der Waals surface area contributed by atoms with Gasteiger partial charge < -0.3 is 15.0 Å². The molecule has 0 aliphatic carbocycles. The van der Waals surface area contributed by atoms with Gasteiger partial charge in [-0.25, -0.2) is 4.98 Å². The highest BCUT2D eigenvalue weighted by Crippen LogP contribution is 2.30. The molecule has 1 aromatic heterocycles. The lowest BCUT2D eigenvalue weighted by Gasteiger charge is -2.11. The van der Waals surface area contributed by atoms with Gasteiger partial charge in [0.2, 0.25) is 5.82 Å². The number of unbranched alkanes of at least 4 members (excludes halogenated alkanes) is 1. The molecule has 0 aliphatic heterocycles. The predicted molar refractivity (Wildman–Crippen MR) is 80.8 cm³/mol. The molecular weight excluding hydrogens is 274 g/mol. The van der Waals surface area contributed by atoms with Crippen molar-refractivity contribution in [1.82, 2.24) is 14.9 Å². The molecule has 0 spiro atoms. The molecule has 1 rings (SSSR count). The first-order chi connectivity index (χ1) is 10.1. The van der Waals surface area contributed by atoms with E-state index in [4.69, 9.17) is 4.74 Å². The first-order valence-electron chi connectivity index (χ1n) is 7.07. The molecule has 0 saturated carbocycles. The number of nitro groups is 1. The number of ether oxygens (including phenoxy) is 1. The van der Waals surface area contributed by atoms with Crippen LogP contribution in [-0.2, 0) is 0 Å². The molecule has 1 heterocycles. The number of anilines is 1. The summed E-state index contributed by atoms with van der Waals surface area (Å²) in [6.07, 6.45) is 3.92. The molecule has 0 saturated heterocycles. The van der Waals surface area contributed by atoms with Gasteiger partial charge in [-0.2, -0.15) is 4.98 Å². The highest BCUT2D eigenvalue weighted by atomic mass is 16.6. The highest BCUT2D eigenvalue weighted by molar-refractivity contribution is 5.61. The molecule has 8 nitrogen and oxygen atoms in total. The first kappa shape index (κ1) is 17.1. The van der Waals surface area contributed by atoms with Crippen LogP contribution >= 0.6 is 0 Å². The number of aromatic nitrogens is 2. The normalized spacial score (nSPS) is 10.7. The molecule has 0 aromatic carbocycles. The molecule has 0 atom stereocenters. The van der Waals surface area contributed by atoms with Crippen molar-refractivity contribution in [3.05, 3.63) is 16.4 Å². The van der Waals surface area contributed by atoms with Crippen molar-refractivity contribution in [2.45, 2.75) is 26.2 Å². The molecule has 0 radical (unpaired) electrons. The lowest BCUT2D eigenvalue weighted by molar-refractivity contribution is -0.385. The molecule has 0 fully saturated rings. The van der Waals surface area contributed by atoms with Gasteiger partial charge in [-0.3, -0.25) is 10.1 Å². The Morgan fingerprint density at radius 2 is 2.14 bits per heavy atom. The summed E-state index contributed by atoms with van der Waals surface area (Å²) < 4.78 is 5.38. The zero-order chi connectivity index (χ0) is 15.7. The molecule has 8 heteroatoms. The van der Waals surface area contributed by atoms with E-state index in [0.717, 1.165) is 25.8 Å². The van der Waals surface area contributed by atoms with E-state index in [0.29, 0.717) is 13.2 Å². The molecule has 118 valence electrons. The van der Waals surface area contributed by atoms with Gasteiger partial charge >= 0.3 is 5.69 Å². The maximum atomic E-state index is 11.2. The second-order valence-electron chi connectivity index (χ2n) is 4.92. The van der Waals surface area contributed by atoms with Crippen LogP contribution in [-0.4, -0.2) is 53.6 Å². The van der Waals surface area contributed by atoms with Crippen LogP contribution in [0.4, 0.5) is 11.5 Å². The highest BCUT2D eigenvalue weighted by Gasteiger charge is 2.24. The maximum absolute atomic E-state index is 11.2. The van der Waals surface area contributed by atoms with Crippen LogP contribution < -0.4 is 10.1 Å². The number of hydrogen-bond donors (Lipinski definition) is 1. The molecule has 1 N–H and O–H groups in total. The summed E-state index contributed by atoms with van der Waals surface area (Å²) in [5, 5.41) is 14.2. The molecule has 0 aliphatic rings. The smallest absolute Gasteiger partial charge is 0.372 e. The van der Waals surface area contributed by atoms with Gasteiger partial charge in [-0.1, -0.05) is 13.3 Å². The maximum Gasteiger partial charge on any atom is 0.372 e. The summed E-state index contributed by atoms with van der Waals surface area (Å²) in [6, 6.07) is 0. The topological polar surface area (TPSA) is 93.4 Å². The molecule has 0 bridgehead atoms. The standard InChI is InChI=1S/C13H23N5O3/c1-4-5-9-21-13-11(18(19)20)12(15-10-16-13)14-7-6-8-17(2)3/h10H,4-9H2,1-3H3,(H,14,15,16). The number of nitrogens with one attached hydrogen (secondary N) is 1. The average molecular weight is 297 g/mol. The van der Waals surface area contributed by atoms with Gasteiger partial charge in [0.25, 0.3) is 5.88 Å². The van der Waals surface area contributed by atoms with Gasteiger partial charge in [-0.05, 0) is 33.5 Å². The van der Waals surface area contributed by atoms with Crippen LogP contribution in [0.15, 0.2) is 6.33 Å². The zero-order valence-corrected chi connectivity index (χ0v) is 12.8. The van der Waals surface area contributed by atoms with Crippen molar-refractivity contribution in [3.8, 4) is 5.88 Å². The third-order valence-corrected chi connectivity index (χ3v) is 2.78. The van der Waals surface area contributed by atoms with Crippen LogP contribution in [0, 0.1) is 10.1 Å². The van der Waals surface area contributed by atoms with Gasteiger partial charge in [0.15, 0.2) is 0 Å². The fourth-order valence-corrected chi connectivity index (χ4v) is 1.68. The van der Waals surface area contributed by atoms with Crippen molar-refractivity contribution < 1.29 is 9.66 Å². The largest absolute Gasteiger partial charge is 0.473 e. The lowest BCUT2D eigenvalue weighted by Crippen LogP contribution is -2.17. The minimum absolute atomic E-state index is 0.0264. The fraction of sp³-hybridized carbons (Fsp3) is 0.692. The molecule has 1 aromatic rings. The summed E-state index contributed by atoms with van der Waals surface area (Å²) in [5.74, 6) is 0.235. The van der Waals surface area contributed by atoms with Gasteiger partial charge in [0.05, 0.1) is 11.5 Å². The van der Waals surface area contributed by atoms with E-state index in [1.54, 1.807) is 0 Å². The van der Waals surface area contributed by atoms with E-state index >= 15 is 0 Å². The average Bonchev–Trinajstić information content (AvgIpc) is 2.43. The number of hydrogen-bond acceptors (Lipinski definition) is 7. The Labute approximate surface area is 124 Å². The van der Waals surface area contributed by atoms with Crippen molar-refractivity contribution in [3.63, 3.8) is 0 Å². The zero-order valence-electron chi connectivity index (χ0n) is 12.8. The van der Waals surface area contributed by atoms with Gasteiger partial charge in [0.1, 0.15) is 6.33 Å². The monoisotopic (exact) mass is 297 g/mol. The van der Waals surface area contributed by atoms with Gasteiger partial charge in [0, 0.05) is 6.54 Å². The number of nitrogens with zero attached hydrogens (tertiary/aromatic N) is 4. The Kier molecular flexibility index (Phi) is 7.38. The summed E-state index contributed by atoms with van der Waals surface area (Å²) in [7, 11) is 3.96. The van der Waals surface area contributed by atoms with Crippen LogP contribution in [0.25, 0.3) is 0 Å². The Hall–Kier alpha value is -1.96. The third-order valence-electron chi connectivity index (χ3n) is 2.78.